The second-order valence-corrected chi connectivity index (χ2v) is 10.2. The third-order valence-electron chi connectivity index (χ3n) is 7.15. The van der Waals surface area contributed by atoms with Crippen molar-refractivity contribution in [3.8, 4) is 5.75 Å². The average molecular weight is 580 g/mol. The van der Waals surface area contributed by atoms with Crippen LogP contribution < -0.4 is 5.43 Å². The molecule has 212 valence electrons. The van der Waals surface area contributed by atoms with E-state index in [9.17, 15) is 14.7 Å². The Balaban J connectivity index is 1.36. The SMILES string of the molecule is CCN(C(=O)Cc1ccc(/C=N/NC(=O)c2ccc(O)c(Cl)c2)c2ccccc12)C(Cc1ccccc1)c1ccco1. The first kappa shape index (κ1) is 28.6. The van der Waals surface area contributed by atoms with Crippen LogP contribution in [0, 0.1) is 0 Å². The summed E-state index contributed by atoms with van der Waals surface area (Å²) < 4.78 is 5.77. The number of nitrogens with one attached hydrogen (secondary N) is 1. The van der Waals surface area contributed by atoms with Crippen LogP contribution >= 0.6 is 11.6 Å². The van der Waals surface area contributed by atoms with Crippen LogP contribution in [0.4, 0.5) is 0 Å². The number of carbonyl (C=O) groups excluding carboxylic acids is 2. The van der Waals surface area contributed by atoms with Gasteiger partial charge in [-0.1, -0.05) is 78.3 Å². The van der Waals surface area contributed by atoms with Gasteiger partial charge >= 0.3 is 0 Å². The lowest BCUT2D eigenvalue weighted by molar-refractivity contribution is -0.133. The molecule has 8 heteroatoms. The molecule has 5 aromatic rings. The van der Waals surface area contributed by atoms with E-state index in [4.69, 9.17) is 16.0 Å². The Kier molecular flexibility index (Phi) is 8.99. The zero-order valence-electron chi connectivity index (χ0n) is 23.0. The number of aromatic hydroxyl groups is 1. The maximum atomic E-state index is 13.8. The van der Waals surface area contributed by atoms with E-state index < -0.39 is 5.91 Å². The summed E-state index contributed by atoms with van der Waals surface area (Å²) in [4.78, 5) is 28.2. The Morgan fingerprint density at radius 3 is 2.45 bits per heavy atom. The van der Waals surface area contributed by atoms with E-state index >= 15 is 0 Å². The third-order valence-corrected chi connectivity index (χ3v) is 7.45. The Morgan fingerprint density at radius 2 is 1.74 bits per heavy atom. The van der Waals surface area contributed by atoms with Gasteiger partial charge in [-0.05, 0) is 59.2 Å². The number of likely N-dealkylation sites (N-methyl/N-ethyl adjacent to an activating group) is 1. The highest BCUT2D eigenvalue weighted by molar-refractivity contribution is 6.32. The molecule has 0 bridgehead atoms. The van der Waals surface area contributed by atoms with Gasteiger partial charge in [-0.3, -0.25) is 9.59 Å². The summed E-state index contributed by atoms with van der Waals surface area (Å²) in [5.41, 5.74) is 5.57. The van der Waals surface area contributed by atoms with Crippen molar-refractivity contribution in [1.29, 1.82) is 0 Å². The zero-order chi connectivity index (χ0) is 29.5. The molecule has 0 aliphatic carbocycles. The van der Waals surface area contributed by atoms with Crippen LogP contribution in [-0.2, 0) is 17.6 Å². The molecule has 0 spiro atoms. The fraction of sp³-hybridized carbons (Fsp3) is 0.147. The number of hydrogen-bond acceptors (Lipinski definition) is 5. The topological polar surface area (TPSA) is 95.1 Å². The second kappa shape index (κ2) is 13.2. The summed E-state index contributed by atoms with van der Waals surface area (Å²) in [5.74, 6) is 0.195. The van der Waals surface area contributed by atoms with Gasteiger partial charge in [-0.2, -0.15) is 5.10 Å². The number of fused-ring (bicyclic) bond motifs is 1. The predicted molar refractivity (Wildman–Crippen MR) is 165 cm³/mol. The van der Waals surface area contributed by atoms with Crippen molar-refractivity contribution in [3.05, 3.63) is 136 Å². The summed E-state index contributed by atoms with van der Waals surface area (Å²) in [5, 5.41) is 15.6. The van der Waals surface area contributed by atoms with Crippen LogP contribution in [-0.4, -0.2) is 34.6 Å². The highest BCUT2D eigenvalue weighted by Crippen LogP contribution is 2.29. The number of furan rings is 1. The molecule has 0 aliphatic heterocycles. The second-order valence-electron chi connectivity index (χ2n) is 9.80. The van der Waals surface area contributed by atoms with E-state index in [0.717, 1.165) is 33.2 Å². The molecule has 42 heavy (non-hydrogen) atoms. The van der Waals surface area contributed by atoms with Gasteiger partial charge in [0.2, 0.25) is 5.91 Å². The maximum Gasteiger partial charge on any atom is 0.271 e. The lowest BCUT2D eigenvalue weighted by Crippen LogP contribution is -2.36. The van der Waals surface area contributed by atoms with Crippen molar-refractivity contribution in [2.24, 2.45) is 5.10 Å². The van der Waals surface area contributed by atoms with Crippen molar-refractivity contribution >= 4 is 40.4 Å². The smallest absolute Gasteiger partial charge is 0.271 e. The quantitative estimate of drug-likeness (QED) is 0.138. The zero-order valence-corrected chi connectivity index (χ0v) is 23.8. The number of nitrogens with zero attached hydrogens (tertiary/aromatic N) is 2. The summed E-state index contributed by atoms with van der Waals surface area (Å²) in [6.07, 6.45) is 4.07. The minimum atomic E-state index is -0.457. The van der Waals surface area contributed by atoms with Crippen LogP contribution in [0.5, 0.6) is 5.75 Å². The number of phenols is 1. The lowest BCUT2D eigenvalue weighted by atomic mass is 9.97. The minimum Gasteiger partial charge on any atom is -0.506 e. The summed E-state index contributed by atoms with van der Waals surface area (Å²) in [7, 11) is 0. The highest BCUT2D eigenvalue weighted by Gasteiger charge is 2.27. The van der Waals surface area contributed by atoms with Gasteiger partial charge in [0.25, 0.3) is 5.91 Å². The minimum absolute atomic E-state index is 0.00113. The molecule has 0 saturated heterocycles. The van der Waals surface area contributed by atoms with Crippen molar-refractivity contribution in [2.75, 3.05) is 6.54 Å². The van der Waals surface area contributed by atoms with Gasteiger partial charge in [0.1, 0.15) is 11.5 Å². The molecule has 0 fully saturated rings. The molecule has 1 unspecified atom stereocenters. The number of benzene rings is 4. The molecular weight excluding hydrogens is 550 g/mol. The van der Waals surface area contributed by atoms with Gasteiger partial charge in [-0.15, -0.1) is 0 Å². The fourth-order valence-corrected chi connectivity index (χ4v) is 5.22. The van der Waals surface area contributed by atoms with E-state index in [2.05, 4.69) is 22.7 Å². The first-order valence-electron chi connectivity index (χ1n) is 13.6. The van der Waals surface area contributed by atoms with Crippen molar-refractivity contribution in [2.45, 2.75) is 25.8 Å². The average Bonchev–Trinajstić information content (AvgIpc) is 3.55. The maximum absolute atomic E-state index is 13.8. The fourth-order valence-electron chi connectivity index (χ4n) is 5.04. The predicted octanol–water partition coefficient (Wildman–Crippen LogP) is 6.93. The Morgan fingerprint density at radius 1 is 0.976 bits per heavy atom. The van der Waals surface area contributed by atoms with E-state index in [-0.39, 0.29) is 34.7 Å². The standard InChI is InChI=1S/C34H30ClN3O4/c1-2-38(30(32-13-8-18-42-32)19-23-9-4-3-5-10-23)33(40)21-24-14-15-26(28-12-7-6-11-27(24)28)22-36-37-34(41)25-16-17-31(39)29(35)20-25/h3-18,20,22,30,39H,2,19,21H2,1H3,(H,37,41)/b36-22+. The molecule has 0 aliphatic rings. The van der Waals surface area contributed by atoms with Gasteiger partial charge in [-0.25, -0.2) is 5.43 Å². The number of rotatable bonds is 10. The molecule has 0 radical (unpaired) electrons. The van der Waals surface area contributed by atoms with Gasteiger partial charge in [0, 0.05) is 24.1 Å². The van der Waals surface area contributed by atoms with E-state index in [1.165, 1.54) is 18.2 Å². The van der Waals surface area contributed by atoms with Gasteiger partial charge < -0.3 is 14.4 Å². The first-order chi connectivity index (χ1) is 20.4. The van der Waals surface area contributed by atoms with E-state index in [0.29, 0.717) is 13.0 Å². The van der Waals surface area contributed by atoms with Crippen LogP contribution in [0.3, 0.4) is 0 Å². The third kappa shape index (κ3) is 6.53. The monoisotopic (exact) mass is 579 g/mol. The normalized spacial score (nSPS) is 12.0. The number of hydrogen-bond donors (Lipinski definition) is 2. The molecule has 1 heterocycles. The molecule has 2 N–H and O–H groups in total. The number of amides is 2. The summed E-state index contributed by atoms with van der Waals surface area (Å²) >= 11 is 5.91. The van der Waals surface area contributed by atoms with Crippen LogP contribution in [0.15, 0.2) is 113 Å². The molecule has 1 aromatic heterocycles. The Labute approximate surface area is 249 Å². The van der Waals surface area contributed by atoms with E-state index in [1.54, 1.807) is 12.5 Å². The summed E-state index contributed by atoms with van der Waals surface area (Å²) in [6.45, 7) is 2.52. The molecule has 2 amide bonds. The Hall–Kier alpha value is -4.88. The van der Waals surface area contributed by atoms with Crippen LogP contribution in [0.1, 0.15) is 45.8 Å². The number of hydrazone groups is 1. The van der Waals surface area contributed by atoms with Crippen LogP contribution in [0.2, 0.25) is 5.02 Å². The Bertz CT molecular complexity index is 1720. The molecule has 4 aromatic carbocycles. The molecular formula is C34H30ClN3O4. The molecule has 5 rings (SSSR count). The van der Waals surface area contributed by atoms with Gasteiger partial charge in [0.05, 0.1) is 30.0 Å². The molecule has 7 nitrogen and oxygen atoms in total. The van der Waals surface area contributed by atoms with Crippen molar-refractivity contribution < 1.29 is 19.1 Å². The van der Waals surface area contributed by atoms with Gasteiger partial charge in [0.15, 0.2) is 0 Å². The molecule has 1 atom stereocenters. The van der Waals surface area contributed by atoms with Crippen molar-refractivity contribution in [3.63, 3.8) is 0 Å². The highest BCUT2D eigenvalue weighted by atomic mass is 35.5. The number of phenolic OH excluding ortho intramolecular Hbond substituents is 1. The first-order valence-corrected chi connectivity index (χ1v) is 14.0. The largest absolute Gasteiger partial charge is 0.506 e. The van der Waals surface area contributed by atoms with Crippen molar-refractivity contribution in [1.82, 2.24) is 10.3 Å². The summed E-state index contributed by atoms with van der Waals surface area (Å²) in [6, 6.07) is 29.4. The number of carbonyl (C=O) groups is 2. The van der Waals surface area contributed by atoms with Crippen LogP contribution in [0.25, 0.3) is 10.8 Å². The molecule has 0 saturated carbocycles. The number of halogens is 1. The van der Waals surface area contributed by atoms with E-state index in [1.807, 2.05) is 78.6 Å². The lowest BCUT2D eigenvalue weighted by Gasteiger charge is -2.30.